The Bertz CT molecular complexity index is 3910. The molecular formula is C68H48O. The minimum Gasteiger partial charge on any atom is -0.456 e. The molecule has 13 rings (SSSR count). The van der Waals surface area contributed by atoms with Crippen LogP contribution < -0.4 is 0 Å². The Kier molecular flexibility index (Phi) is 9.66. The van der Waals surface area contributed by atoms with Gasteiger partial charge in [0.1, 0.15) is 11.2 Å². The molecule has 0 saturated heterocycles. The summed E-state index contributed by atoms with van der Waals surface area (Å²) >= 11 is 0. The monoisotopic (exact) mass is 880 g/mol. The van der Waals surface area contributed by atoms with Gasteiger partial charge in [0.05, 0.1) is 0 Å². The third kappa shape index (κ3) is 7.18. The lowest BCUT2D eigenvalue weighted by Crippen LogP contribution is -2.16. The molecule has 1 heterocycles. The summed E-state index contributed by atoms with van der Waals surface area (Å²) in [6.45, 7) is 4.80. The molecule has 326 valence electrons. The lowest BCUT2D eigenvalue weighted by molar-refractivity contribution is 0.659. The number of furan rings is 1. The van der Waals surface area contributed by atoms with Crippen molar-refractivity contribution in [1.82, 2.24) is 0 Å². The number of fused-ring (bicyclic) bond motifs is 7. The minimum atomic E-state index is -0.193. The zero-order chi connectivity index (χ0) is 46.1. The van der Waals surface area contributed by atoms with Crippen LogP contribution in [0, 0.1) is 0 Å². The first-order valence-electron chi connectivity index (χ1n) is 24.1. The predicted molar refractivity (Wildman–Crippen MR) is 290 cm³/mol. The molecule has 0 bridgehead atoms. The van der Waals surface area contributed by atoms with Crippen LogP contribution in [-0.4, -0.2) is 0 Å². The van der Waals surface area contributed by atoms with Gasteiger partial charge < -0.3 is 4.42 Å². The summed E-state index contributed by atoms with van der Waals surface area (Å²) in [5.74, 6) is -0.00242. The summed E-state index contributed by atoms with van der Waals surface area (Å²) in [6.07, 6.45) is 0. The van der Waals surface area contributed by atoms with E-state index in [1.54, 1.807) is 0 Å². The van der Waals surface area contributed by atoms with Crippen LogP contribution in [0.5, 0.6) is 0 Å². The Morgan fingerprint density at radius 3 is 1.54 bits per heavy atom. The molecule has 0 spiro atoms. The van der Waals surface area contributed by atoms with E-state index in [2.05, 4.69) is 250 Å². The second kappa shape index (κ2) is 16.4. The second-order valence-corrected chi connectivity index (χ2v) is 19.3. The molecule has 1 atom stereocenters. The highest BCUT2D eigenvalue weighted by Gasteiger charge is 2.36. The molecular weight excluding hydrogens is 833 g/mol. The molecule has 0 saturated carbocycles. The molecule has 1 nitrogen and oxygen atoms in total. The summed E-state index contributed by atoms with van der Waals surface area (Å²) in [5.41, 5.74) is 22.9. The van der Waals surface area contributed by atoms with Crippen LogP contribution in [0.2, 0.25) is 0 Å². The van der Waals surface area contributed by atoms with E-state index in [0.29, 0.717) is 0 Å². The standard InChI is InChI=1S/C68H48O/c1-68(2)63-42-56(54-31-28-45-14-6-7-15-50(45)38-54)32-35-59(63)60-36-33-58(43-64(60)68)67(49-29-26-48(27-30-49)47-24-22-46(23-25-47)44-12-4-3-5-13-44)57-19-11-18-53(40-57)51-16-10-17-52(39-51)55-34-37-66-62(41-55)61-20-8-9-21-65(61)69-66/h3-43,67H,1-2H3. The lowest BCUT2D eigenvalue weighted by Gasteiger charge is -2.25. The molecule has 1 heteroatoms. The van der Waals surface area contributed by atoms with E-state index in [9.17, 15) is 0 Å². The molecule has 0 fully saturated rings. The third-order valence-electron chi connectivity index (χ3n) is 14.8. The van der Waals surface area contributed by atoms with Gasteiger partial charge in [-0.25, -0.2) is 0 Å². The molecule has 0 N–H and O–H groups in total. The van der Waals surface area contributed by atoms with Crippen molar-refractivity contribution >= 4 is 32.7 Å². The highest BCUT2D eigenvalue weighted by atomic mass is 16.3. The number of para-hydroxylation sites is 1. The van der Waals surface area contributed by atoms with E-state index in [-0.39, 0.29) is 11.3 Å². The van der Waals surface area contributed by atoms with Crippen molar-refractivity contribution in [2.45, 2.75) is 25.2 Å². The molecule has 0 aliphatic heterocycles. The largest absolute Gasteiger partial charge is 0.456 e. The van der Waals surface area contributed by atoms with Gasteiger partial charge in [0.2, 0.25) is 0 Å². The Hall–Kier alpha value is -8.52. The van der Waals surface area contributed by atoms with Gasteiger partial charge in [0.25, 0.3) is 0 Å². The van der Waals surface area contributed by atoms with Crippen LogP contribution in [0.4, 0.5) is 0 Å². The number of rotatable bonds is 8. The van der Waals surface area contributed by atoms with Crippen molar-refractivity contribution < 1.29 is 4.42 Å². The van der Waals surface area contributed by atoms with Gasteiger partial charge in [0.15, 0.2) is 0 Å². The number of hydrogen-bond donors (Lipinski definition) is 0. The molecule has 69 heavy (non-hydrogen) atoms. The van der Waals surface area contributed by atoms with Crippen molar-refractivity contribution in [2.75, 3.05) is 0 Å². The van der Waals surface area contributed by atoms with Gasteiger partial charge in [-0.2, -0.15) is 0 Å². The number of benzene rings is 11. The Labute approximate surface area is 403 Å². The van der Waals surface area contributed by atoms with Crippen LogP contribution in [0.25, 0.3) is 99.5 Å². The average molecular weight is 881 g/mol. The van der Waals surface area contributed by atoms with Crippen LogP contribution in [0.3, 0.4) is 0 Å². The van der Waals surface area contributed by atoms with Gasteiger partial charge >= 0.3 is 0 Å². The Morgan fingerprint density at radius 1 is 0.290 bits per heavy atom. The Morgan fingerprint density at radius 2 is 0.768 bits per heavy atom. The van der Waals surface area contributed by atoms with E-state index >= 15 is 0 Å². The fraction of sp³-hybridized carbons (Fsp3) is 0.0588. The fourth-order valence-corrected chi connectivity index (χ4v) is 11.1. The van der Waals surface area contributed by atoms with Crippen molar-refractivity contribution in [1.29, 1.82) is 0 Å². The molecule has 0 amide bonds. The molecule has 11 aromatic carbocycles. The Balaban J connectivity index is 0.885. The van der Waals surface area contributed by atoms with Crippen molar-refractivity contribution in [2.24, 2.45) is 0 Å². The zero-order valence-electron chi connectivity index (χ0n) is 38.7. The van der Waals surface area contributed by atoms with E-state index in [4.69, 9.17) is 4.42 Å². The molecule has 1 aliphatic carbocycles. The predicted octanol–water partition coefficient (Wildman–Crippen LogP) is 18.6. The van der Waals surface area contributed by atoms with E-state index in [1.807, 2.05) is 12.1 Å². The summed E-state index contributed by atoms with van der Waals surface area (Å²) in [6, 6.07) is 91.7. The van der Waals surface area contributed by atoms with Gasteiger partial charge in [-0.3, -0.25) is 0 Å². The first-order chi connectivity index (χ1) is 33.9. The molecule has 1 unspecified atom stereocenters. The third-order valence-corrected chi connectivity index (χ3v) is 14.8. The summed E-state index contributed by atoms with van der Waals surface area (Å²) in [7, 11) is 0. The van der Waals surface area contributed by atoms with Crippen molar-refractivity contribution in [3.8, 4) is 66.8 Å². The molecule has 12 aromatic rings. The van der Waals surface area contributed by atoms with Gasteiger partial charge in [0, 0.05) is 22.1 Å². The first-order valence-corrected chi connectivity index (χ1v) is 24.1. The topological polar surface area (TPSA) is 13.1 Å². The highest BCUT2D eigenvalue weighted by Crippen LogP contribution is 2.51. The molecule has 0 radical (unpaired) electrons. The molecule has 1 aromatic heterocycles. The van der Waals surface area contributed by atoms with Crippen LogP contribution in [-0.2, 0) is 5.41 Å². The normalized spacial score (nSPS) is 13.1. The summed E-state index contributed by atoms with van der Waals surface area (Å²) in [5, 5.41) is 4.81. The number of hydrogen-bond acceptors (Lipinski definition) is 1. The molecule has 1 aliphatic rings. The average Bonchev–Trinajstić information content (AvgIpc) is 3.89. The van der Waals surface area contributed by atoms with Crippen molar-refractivity contribution in [3.05, 3.63) is 277 Å². The quantitative estimate of drug-likeness (QED) is 0.139. The maximum absolute atomic E-state index is 6.18. The summed E-state index contributed by atoms with van der Waals surface area (Å²) < 4.78 is 6.18. The zero-order valence-corrected chi connectivity index (χ0v) is 38.7. The van der Waals surface area contributed by atoms with Gasteiger partial charge in [-0.05, 0) is 142 Å². The highest BCUT2D eigenvalue weighted by molar-refractivity contribution is 6.06. The van der Waals surface area contributed by atoms with Gasteiger partial charge in [-0.15, -0.1) is 0 Å². The van der Waals surface area contributed by atoms with Crippen LogP contribution in [0.1, 0.15) is 47.6 Å². The van der Waals surface area contributed by atoms with Crippen LogP contribution >= 0.6 is 0 Å². The van der Waals surface area contributed by atoms with E-state index < -0.39 is 0 Å². The minimum absolute atomic E-state index is 0.00242. The summed E-state index contributed by atoms with van der Waals surface area (Å²) in [4.78, 5) is 0. The first kappa shape index (κ1) is 40.7. The SMILES string of the molecule is CC1(C)c2cc(-c3ccc4ccccc4c3)ccc2-c2ccc(C(c3ccc(-c4ccc(-c5ccccc5)cc4)cc3)c3cccc(-c4cccc(-c5ccc6oc7ccccc7c6c5)c4)c3)cc21. The lowest BCUT2D eigenvalue weighted by atomic mass is 9.78. The smallest absolute Gasteiger partial charge is 0.135 e. The maximum Gasteiger partial charge on any atom is 0.135 e. The van der Waals surface area contributed by atoms with Gasteiger partial charge in [-0.1, -0.05) is 226 Å². The van der Waals surface area contributed by atoms with Crippen LogP contribution in [0.15, 0.2) is 253 Å². The van der Waals surface area contributed by atoms with E-state index in [1.165, 1.54) is 105 Å². The maximum atomic E-state index is 6.18. The van der Waals surface area contributed by atoms with E-state index in [0.717, 1.165) is 21.9 Å². The van der Waals surface area contributed by atoms with Crippen molar-refractivity contribution in [3.63, 3.8) is 0 Å². The second-order valence-electron chi connectivity index (χ2n) is 19.3. The fourth-order valence-electron chi connectivity index (χ4n) is 11.1.